The molecule has 4 aromatic rings. The lowest BCUT2D eigenvalue weighted by Crippen LogP contribution is -2.35. The Morgan fingerprint density at radius 3 is 2.36 bits per heavy atom. The summed E-state index contributed by atoms with van der Waals surface area (Å²) in [5.41, 5.74) is 6.33. The van der Waals surface area contributed by atoms with Gasteiger partial charge in [0, 0.05) is 17.3 Å². The second kappa shape index (κ2) is 14.7. The van der Waals surface area contributed by atoms with Crippen molar-refractivity contribution in [3.05, 3.63) is 131 Å². The molecule has 2 aliphatic heterocycles. The molecule has 1 aliphatic carbocycles. The normalized spacial score (nSPS) is 21.7. The molecule has 2 N–H and O–H groups in total. The summed E-state index contributed by atoms with van der Waals surface area (Å²) in [6.45, 7) is 2.78. The average molecular weight is 673 g/mol. The number of imide groups is 1. The standard InChI is InChI=1S/C42H41FN2O5/c1-2-9-27(22-28-14-20-37(46)36(43)23-28)15-21-38-39-29(25-49-33-12-7-4-8-13-33)24-34-40(35(39)26-50-38)42(48)45(41(34)47)32-18-16-31(17-19-32)44-30-10-5-3-6-11-30/h3-8,10-14,16-20,22-23,34-35,38,40,44,46H,2,9,15,21,24-26H2,1H3/b27-22+/t34-,35+,38-,40-/m1/s1. The van der Waals surface area contributed by atoms with Crippen LogP contribution in [0.3, 0.4) is 0 Å². The second-order valence-electron chi connectivity index (χ2n) is 13.3. The lowest BCUT2D eigenvalue weighted by molar-refractivity contribution is -0.122. The quantitative estimate of drug-likeness (QED) is 0.116. The molecule has 4 atom stereocenters. The molecule has 0 saturated carbocycles. The molecule has 0 spiro atoms. The third-order valence-corrected chi connectivity index (χ3v) is 9.99. The summed E-state index contributed by atoms with van der Waals surface area (Å²) in [7, 11) is 0. The molecule has 0 radical (unpaired) electrons. The monoisotopic (exact) mass is 672 g/mol. The molecule has 50 heavy (non-hydrogen) atoms. The Hall–Kier alpha value is -5.21. The van der Waals surface area contributed by atoms with Gasteiger partial charge in [0.2, 0.25) is 11.8 Å². The van der Waals surface area contributed by atoms with E-state index in [1.807, 2.05) is 91.0 Å². The van der Waals surface area contributed by atoms with Gasteiger partial charge in [0.25, 0.3) is 0 Å². The summed E-state index contributed by atoms with van der Waals surface area (Å²) in [5, 5.41) is 13.0. The highest BCUT2D eigenvalue weighted by Crippen LogP contribution is 2.51. The fourth-order valence-electron chi connectivity index (χ4n) is 7.68. The van der Waals surface area contributed by atoms with Crippen molar-refractivity contribution in [3.8, 4) is 11.5 Å². The zero-order chi connectivity index (χ0) is 34.6. The van der Waals surface area contributed by atoms with Gasteiger partial charge in [0.05, 0.1) is 30.2 Å². The number of carbonyl (C=O) groups excluding carboxylic acids is 2. The molecule has 0 aromatic heterocycles. The van der Waals surface area contributed by atoms with Crippen molar-refractivity contribution in [2.45, 2.75) is 45.1 Å². The molecule has 0 bridgehead atoms. The first kappa shape index (κ1) is 33.3. The highest BCUT2D eigenvalue weighted by Gasteiger charge is 2.57. The smallest absolute Gasteiger partial charge is 0.238 e. The fourth-order valence-corrected chi connectivity index (χ4v) is 7.68. The number of nitrogens with zero attached hydrogens (tertiary/aromatic N) is 1. The average Bonchev–Trinajstić information content (AvgIpc) is 3.67. The predicted octanol–water partition coefficient (Wildman–Crippen LogP) is 8.84. The summed E-state index contributed by atoms with van der Waals surface area (Å²) in [6.07, 6.45) is 5.37. The van der Waals surface area contributed by atoms with E-state index in [1.165, 1.54) is 17.0 Å². The van der Waals surface area contributed by atoms with E-state index >= 15 is 0 Å². The number of carbonyl (C=O) groups is 2. The van der Waals surface area contributed by atoms with Crippen molar-refractivity contribution in [1.29, 1.82) is 0 Å². The van der Waals surface area contributed by atoms with E-state index in [1.54, 1.807) is 6.07 Å². The number of hydrogen-bond acceptors (Lipinski definition) is 6. The number of anilines is 3. The maximum Gasteiger partial charge on any atom is 0.238 e. The molecule has 2 fully saturated rings. The van der Waals surface area contributed by atoms with Crippen LogP contribution in [0, 0.1) is 23.6 Å². The maximum absolute atomic E-state index is 14.2. The number of aromatic hydroxyl groups is 1. The van der Waals surface area contributed by atoms with Gasteiger partial charge in [-0.2, -0.15) is 0 Å². The van der Waals surface area contributed by atoms with Gasteiger partial charge in [0.15, 0.2) is 11.6 Å². The van der Waals surface area contributed by atoms with E-state index in [0.717, 1.165) is 53.1 Å². The van der Waals surface area contributed by atoms with Crippen LogP contribution < -0.4 is 15.0 Å². The van der Waals surface area contributed by atoms with E-state index in [4.69, 9.17) is 9.47 Å². The predicted molar refractivity (Wildman–Crippen MR) is 193 cm³/mol. The Bertz CT molecular complexity index is 1910. The summed E-state index contributed by atoms with van der Waals surface area (Å²) in [4.78, 5) is 29.6. The number of phenolic OH excluding ortho intramolecular Hbond substituents is 1. The van der Waals surface area contributed by atoms with Crippen LogP contribution in [0.4, 0.5) is 21.5 Å². The molecule has 2 amide bonds. The van der Waals surface area contributed by atoms with Crippen molar-refractivity contribution in [3.63, 3.8) is 0 Å². The van der Waals surface area contributed by atoms with Crippen molar-refractivity contribution in [2.75, 3.05) is 23.4 Å². The first-order chi connectivity index (χ1) is 24.4. The third-order valence-electron chi connectivity index (χ3n) is 9.99. The Morgan fingerprint density at radius 2 is 1.64 bits per heavy atom. The van der Waals surface area contributed by atoms with Crippen molar-refractivity contribution >= 4 is 35.0 Å². The van der Waals surface area contributed by atoms with Crippen LogP contribution in [-0.4, -0.2) is 36.2 Å². The van der Waals surface area contributed by atoms with E-state index in [9.17, 15) is 19.1 Å². The van der Waals surface area contributed by atoms with Crippen LogP contribution in [0.25, 0.3) is 6.08 Å². The van der Waals surface area contributed by atoms with Gasteiger partial charge in [-0.05, 0) is 103 Å². The van der Waals surface area contributed by atoms with E-state index in [2.05, 4.69) is 12.2 Å². The molecule has 4 aromatic carbocycles. The number of hydrogen-bond donors (Lipinski definition) is 2. The minimum Gasteiger partial charge on any atom is -0.505 e. The van der Waals surface area contributed by atoms with E-state index in [-0.39, 0.29) is 29.6 Å². The first-order valence-corrected chi connectivity index (χ1v) is 17.4. The largest absolute Gasteiger partial charge is 0.505 e. The van der Waals surface area contributed by atoms with Crippen LogP contribution in [0.2, 0.25) is 0 Å². The molecular formula is C42H41FN2O5. The highest BCUT2D eigenvalue weighted by molar-refractivity contribution is 6.22. The lowest BCUT2D eigenvalue weighted by Gasteiger charge is -2.31. The third kappa shape index (κ3) is 6.94. The second-order valence-corrected chi connectivity index (χ2v) is 13.3. The molecule has 2 saturated heterocycles. The zero-order valence-electron chi connectivity index (χ0n) is 28.1. The lowest BCUT2D eigenvalue weighted by atomic mass is 9.69. The van der Waals surface area contributed by atoms with Crippen LogP contribution in [-0.2, 0) is 14.3 Å². The highest BCUT2D eigenvalue weighted by atomic mass is 19.1. The van der Waals surface area contributed by atoms with Gasteiger partial charge in [-0.25, -0.2) is 4.39 Å². The molecule has 7 rings (SSSR count). The number of ether oxygens (including phenoxy) is 2. The van der Waals surface area contributed by atoms with Gasteiger partial charge in [-0.15, -0.1) is 0 Å². The summed E-state index contributed by atoms with van der Waals surface area (Å²) in [5.74, 6) is -1.86. The number of phenols is 1. The van der Waals surface area contributed by atoms with Crippen LogP contribution >= 0.6 is 0 Å². The fraction of sp³-hybridized carbons (Fsp3) is 0.286. The molecule has 8 heteroatoms. The first-order valence-electron chi connectivity index (χ1n) is 17.4. The molecule has 256 valence electrons. The Morgan fingerprint density at radius 1 is 0.920 bits per heavy atom. The number of amides is 2. The van der Waals surface area contributed by atoms with Crippen LogP contribution in [0.1, 0.15) is 44.6 Å². The number of para-hydroxylation sites is 2. The minimum atomic E-state index is -0.647. The number of nitrogens with one attached hydrogen (secondary N) is 1. The number of rotatable bonds is 12. The molecule has 0 unspecified atom stereocenters. The summed E-state index contributed by atoms with van der Waals surface area (Å²) < 4.78 is 26.8. The van der Waals surface area contributed by atoms with E-state index in [0.29, 0.717) is 37.3 Å². The van der Waals surface area contributed by atoms with Gasteiger partial charge >= 0.3 is 0 Å². The Kier molecular flexibility index (Phi) is 9.81. The maximum atomic E-state index is 14.2. The van der Waals surface area contributed by atoms with Crippen LogP contribution in [0.5, 0.6) is 11.5 Å². The van der Waals surface area contributed by atoms with Crippen LogP contribution in [0.15, 0.2) is 120 Å². The van der Waals surface area contributed by atoms with Crippen molar-refractivity contribution < 1.29 is 28.6 Å². The minimum absolute atomic E-state index is 0.181. The SMILES string of the molecule is CCC/C(=C\c1ccc(O)c(F)c1)CC[C@H]1OC[C@H]2C1=C(COc1ccccc1)C[C@H]1C(=O)N(c3ccc(Nc4ccccc4)cc3)C(=O)[C@H]12. The zero-order valence-corrected chi connectivity index (χ0v) is 28.1. The van der Waals surface area contributed by atoms with E-state index < -0.39 is 17.7 Å². The number of allylic oxidation sites excluding steroid dienone is 1. The van der Waals surface area contributed by atoms with Gasteiger partial charge < -0.3 is 19.9 Å². The Labute approximate surface area is 292 Å². The van der Waals surface area contributed by atoms with Gasteiger partial charge in [0.1, 0.15) is 12.4 Å². The molecular weight excluding hydrogens is 631 g/mol. The molecule has 2 heterocycles. The van der Waals surface area contributed by atoms with Crippen molar-refractivity contribution in [1.82, 2.24) is 0 Å². The van der Waals surface area contributed by atoms with Crippen molar-refractivity contribution in [2.24, 2.45) is 17.8 Å². The molecule has 3 aliphatic rings. The number of halogens is 1. The summed E-state index contributed by atoms with van der Waals surface area (Å²) in [6, 6.07) is 31.3. The Balaban J connectivity index is 1.13. The molecule has 7 nitrogen and oxygen atoms in total. The summed E-state index contributed by atoms with van der Waals surface area (Å²) >= 11 is 0. The number of benzene rings is 4. The van der Waals surface area contributed by atoms with Gasteiger partial charge in [-0.3, -0.25) is 14.5 Å². The van der Waals surface area contributed by atoms with Gasteiger partial charge in [-0.1, -0.05) is 67.5 Å². The topological polar surface area (TPSA) is 88.1 Å². The number of fused-ring (bicyclic) bond motifs is 3.